The SMILES string of the molecule is CNC(=O)CC(C(=O)O)N1CCN(CC(=O)O)CCN(CC(=O)O)CC1. The number of carboxylic acids is 3. The average Bonchev–Trinajstić information content (AvgIpc) is 2.63. The molecular weight excluding hydrogens is 348 g/mol. The van der Waals surface area contributed by atoms with Crippen molar-refractivity contribution in [2.75, 3.05) is 59.4 Å². The van der Waals surface area contributed by atoms with Crippen LogP contribution in [0, 0.1) is 0 Å². The molecular formula is C15H26N4O7. The fourth-order valence-corrected chi connectivity index (χ4v) is 2.82. The summed E-state index contributed by atoms with van der Waals surface area (Å²) < 4.78 is 0. The van der Waals surface area contributed by atoms with Crippen LogP contribution in [0.2, 0.25) is 0 Å². The second kappa shape index (κ2) is 10.7. The molecule has 1 unspecified atom stereocenters. The number of hydrogen-bond acceptors (Lipinski definition) is 7. The molecule has 0 bridgehead atoms. The lowest BCUT2D eigenvalue weighted by Crippen LogP contribution is -2.48. The van der Waals surface area contributed by atoms with Gasteiger partial charge in [-0.05, 0) is 0 Å². The van der Waals surface area contributed by atoms with Crippen LogP contribution in [-0.4, -0.2) is 119 Å². The quantitative estimate of drug-likeness (QED) is 0.364. The predicted octanol–water partition coefficient (Wildman–Crippen LogP) is -2.34. The van der Waals surface area contributed by atoms with Gasteiger partial charge in [0.1, 0.15) is 6.04 Å². The Kier molecular flexibility index (Phi) is 8.96. The van der Waals surface area contributed by atoms with E-state index in [0.29, 0.717) is 26.2 Å². The van der Waals surface area contributed by atoms with Crippen molar-refractivity contribution in [3.05, 3.63) is 0 Å². The number of carbonyl (C=O) groups excluding carboxylic acids is 1. The monoisotopic (exact) mass is 374 g/mol. The minimum absolute atomic E-state index is 0.220. The summed E-state index contributed by atoms with van der Waals surface area (Å²) >= 11 is 0. The number of hydrogen-bond donors (Lipinski definition) is 4. The van der Waals surface area contributed by atoms with Crippen molar-refractivity contribution < 1.29 is 34.5 Å². The first-order chi connectivity index (χ1) is 12.2. The van der Waals surface area contributed by atoms with Gasteiger partial charge in [-0.3, -0.25) is 33.9 Å². The van der Waals surface area contributed by atoms with Gasteiger partial charge in [-0.1, -0.05) is 0 Å². The molecule has 0 spiro atoms. The Hall–Kier alpha value is -2.24. The van der Waals surface area contributed by atoms with Crippen molar-refractivity contribution in [2.24, 2.45) is 0 Å². The summed E-state index contributed by atoms with van der Waals surface area (Å²) in [4.78, 5) is 50.1. The number of amides is 1. The van der Waals surface area contributed by atoms with Crippen LogP contribution in [0.1, 0.15) is 6.42 Å². The lowest BCUT2D eigenvalue weighted by atomic mass is 10.1. The van der Waals surface area contributed by atoms with E-state index in [1.165, 1.54) is 7.05 Å². The van der Waals surface area contributed by atoms with E-state index in [1.807, 2.05) is 0 Å². The Morgan fingerprint density at radius 2 is 1.27 bits per heavy atom. The van der Waals surface area contributed by atoms with Crippen LogP contribution in [0.25, 0.3) is 0 Å². The molecule has 4 N–H and O–H groups in total. The van der Waals surface area contributed by atoms with E-state index >= 15 is 0 Å². The van der Waals surface area contributed by atoms with Gasteiger partial charge in [0, 0.05) is 46.3 Å². The van der Waals surface area contributed by atoms with E-state index in [4.69, 9.17) is 10.2 Å². The normalized spacial score (nSPS) is 19.0. The summed E-state index contributed by atoms with van der Waals surface area (Å²) in [7, 11) is 1.42. The number of nitrogens with zero attached hydrogens (tertiary/aromatic N) is 3. The van der Waals surface area contributed by atoms with Crippen LogP contribution in [0.15, 0.2) is 0 Å². The molecule has 0 aromatic carbocycles. The van der Waals surface area contributed by atoms with Crippen LogP contribution in [0.5, 0.6) is 0 Å². The van der Waals surface area contributed by atoms with Crippen LogP contribution in [0.3, 0.4) is 0 Å². The summed E-state index contributed by atoms with van der Waals surface area (Å²) in [6, 6.07) is -1.06. The molecule has 0 aromatic rings. The van der Waals surface area contributed by atoms with Gasteiger partial charge in [0.25, 0.3) is 0 Å². The van der Waals surface area contributed by atoms with E-state index in [1.54, 1.807) is 14.7 Å². The molecule has 1 heterocycles. The van der Waals surface area contributed by atoms with E-state index in [-0.39, 0.29) is 32.6 Å². The molecule has 0 radical (unpaired) electrons. The first-order valence-electron chi connectivity index (χ1n) is 8.28. The highest BCUT2D eigenvalue weighted by Gasteiger charge is 2.29. The Morgan fingerprint density at radius 1 is 0.846 bits per heavy atom. The van der Waals surface area contributed by atoms with Crippen LogP contribution >= 0.6 is 0 Å². The van der Waals surface area contributed by atoms with Crippen molar-refractivity contribution in [1.82, 2.24) is 20.0 Å². The summed E-state index contributed by atoms with van der Waals surface area (Å²) in [5.41, 5.74) is 0. The van der Waals surface area contributed by atoms with E-state index in [9.17, 15) is 24.3 Å². The molecule has 0 aromatic heterocycles. The minimum Gasteiger partial charge on any atom is -0.480 e. The summed E-state index contributed by atoms with van der Waals surface area (Å²) in [5, 5.41) is 29.9. The third kappa shape index (κ3) is 7.76. The summed E-state index contributed by atoms with van der Waals surface area (Å²) in [6.45, 7) is 1.44. The van der Waals surface area contributed by atoms with Crippen LogP contribution in [-0.2, 0) is 19.2 Å². The van der Waals surface area contributed by atoms with Gasteiger partial charge in [0.2, 0.25) is 5.91 Å². The average molecular weight is 374 g/mol. The predicted molar refractivity (Wildman–Crippen MR) is 89.8 cm³/mol. The molecule has 148 valence electrons. The highest BCUT2D eigenvalue weighted by atomic mass is 16.4. The topological polar surface area (TPSA) is 151 Å². The smallest absolute Gasteiger partial charge is 0.321 e. The molecule has 0 saturated carbocycles. The largest absolute Gasteiger partial charge is 0.480 e. The van der Waals surface area contributed by atoms with Crippen LogP contribution in [0.4, 0.5) is 0 Å². The number of nitrogens with one attached hydrogen (secondary N) is 1. The first-order valence-corrected chi connectivity index (χ1v) is 8.28. The Labute approximate surface area is 151 Å². The number of aliphatic carboxylic acids is 3. The molecule has 1 amide bonds. The molecule has 1 saturated heterocycles. The zero-order valence-electron chi connectivity index (χ0n) is 14.8. The first kappa shape index (κ1) is 21.8. The Balaban J connectivity index is 2.93. The van der Waals surface area contributed by atoms with Crippen molar-refractivity contribution >= 4 is 23.8 Å². The van der Waals surface area contributed by atoms with Gasteiger partial charge in [-0.15, -0.1) is 0 Å². The lowest BCUT2D eigenvalue weighted by Gasteiger charge is -2.30. The van der Waals surface area contributed by atoms with Crippen molar-refractivity contribution in [1.29, 1.82) is 0 Å². The molecule has 11 nitrogen and oxygen atoms in total. The summed E-state index contributed by atoms with van der Waals surface area (Å²) in [5.74, 6) is -3.59. The molecule has 0 aliphatic carbocycles. The minimum atomic E-state index is -1.15. The van der Waals surface area contributed by atoms with Gasteiger partial charge in [0.15, 0.2) is 0 Å². The third-order valence-corrected chi connectivity index (χ3v) is 4.24. The third-order valence-electron chi connectivity index (χ3n) is 4.24. The lowest BCUT2D eigenvalue weighted by molar-refractivity contribution is -0.146. The maximum absolute atomic E-state index is 11.6. The fourth-order valence-electron chi connectivity index (χ4n) is 2.82. The summed E-state index contributed by atoms with van der Waals surface area (Å²) in [6.07, 6.45) is -0.232. The van der Waals surface area contributed by atoms with E-state index in [0.717, 1.165) is 0 Å². The molecule has 1 rings (SSSR count). The number of carbonyl (C=O) groups is 4. The molecule has 26 heavy (non-hydrogen) atoms. The molecule has 1 atom stereocenters. The molecule has 1 aliphatic heterocycles. The van der Waals surface area contributed by atoms with Gasteiger partial charge < -0.3 is 20.6 Å². The van der Waals surface area contributed by atoms with E-state index in [2.05, 4.69) is 5.32 Å². The molecule has 1 aliphatic rings. The van der Waals surface area contributed by atoms with Gasteiger partial charge in [-0.25, -0.2) is 0 Å². The standard InChI is InChI=1S/C15H26N4O7/c1-16-12(20)8-11(15(25)26)19-6-4-17(9-13(21)22)2-3-18(5-7-19)10-14(23)24/h11H,2-10H2,1H3,(H,16,20)(H,21,22)(H,23,24)(H,25,26). The Bertz CT molecular complexity index is 500. The van der Waals surface area contributed by atoms with Gasteiger partial charge in [0.05, 0.1) is 19.5 Å². The zero-order valence-corrected chi connectivity index (χ0v) is 14.8. The van der Waals surface area contributed by atoms with Crippen molar-refractivity contribution in [3.8, 4) is 0 Å². The van der Waals surface area contributed by atoms with Gasteiger partial charge >= 0.3 is 17.9 Å². The number of rotatable bonds is 8. The van der Waals surface area contributed by atoms with Crippen molar-refractivity contribution in [3.63, 3.8) is 0 Å². The highest BCUT2D eigenvalue weighted by molar-refractivity contribution is 5.84. The number of carboxylic acid groups (broad SMARTS) is 3. The fraction of sp³-hybridized carbons (Fsp3) is 0.733. The maximum atomic E-state index is 11.6. The maximum Gasteiger partial charge on any atom is 0.321 e. The van der Waals surface area contributed by atoms with E-state index < -0.39 is 29.9 Å². The highest BCUT2D eigenvalue weighted by Crippen LogP contribution is 2.09. The second-order valence-corrected chi connectivity index (χ2v) is 6.11. The second-order valence-electron chi connectivity index (χ2n) is 6.11. The zero-order chi connectivity index (χ0) is 19.7. The van der Waals surface area contributed by atoms with Crippen molar-refractivity contribution in [2.45, 2.75) is 12.5 Å². The molecule has 1 fully saturated rings. The van der Waals surface area contributed by atoms with Crippen LogP contribution < -0.4 is 5.32 Å². The molecule has 11 heteroatoms. The van der Waals surface area contributed by atoms with Gasteiger partial charge in [-0.2, -0.15) is 0 Å². The Morgan fingerprint density at radius 3 is 1.62 bits per heavy atom.